The molecule has 0 atom stereocenters. The fourth-order valence-corrected chi connectivity index (χ4v) is 4.21. The fraction of sp³-hybridized carbons (Fsp3) is 0.625. The third-order valence-electron chi connectivity index (χ3n) is 4.12. The minimum atomic E-state index is -3.53. The second-order valence-corrected chi connectivity index (χ2v) is 7.02. The Labute approximate surface area is 129 Å². The summed E-state index contributed by atoms with van der Waals surface area (Å²) in [5.41, 5.74) is 0.306. The number of rotatable bonds is 9. The Kier molecular flexibility index (Phi) is 6.68. The lowest BCUT2D eigenvalue weighted by Crippen LogP contribution is -2.47. The third-order valence-corrected chi connectivity index (χ3v) is 5.76. The Hall–Kier alpha value is -1.07. The Morgan fingerprint density at radius 2 is 1.57 bits per heavy atom. The zero-order valence-electron chi connectivity index (χ0n) is 13.6. The molecule has 5 heteroatoms. The molecule has 0 saturated heterocycles. The van der Waals surface area contributed by atoms with Gasteiger partial charge >= 0.3 is 0 Å². The fourth-order valence-electron chi connectivity index (χ4n) is 2.41. The van der Waals surface area contributed by atoms with Crippen LogP contribution < -0.4 is 10.0 Å². The van der Waals surface area contributed by atoms with Crippen LogP contribution in [-0.4, -0.2) is 20.5 Å². The second-order valence-electron chi connectivity index (χ2n) is 5.37. The van der Waals surface area contributed by atoms with Crippen molar-refractivity contribution < 1.29 is 8.42 Å². The van der Waals surface area contributed by atoms with E-state index in [0.717, 1.165) is 32.2 Å². The summed E-state index contributed by atoms with van der Waals surface area (Å²) >= 11 is 0. The molecule has 0 aromatic heterocycles. The zero-order chi connectivity index (χ0) is 15.9. The van der Waals surface area contributed by atoms with Gasteiger partial charge in [0, 0.05) is 12.1 Å². The Morgan fingerprint density at radius 3 is 2.10 bits per heavy atom. The van der Waals surface area contributed by atoms with Crippen molar-refractivity contribution in [1.29, 1.82) is 0 Å². The quantitative estimate of drug-likeness (QED) is 0.730. The lowest BCUT2D eigenvalue weighted by Gasteiger charge is -2.31. The van der Waals surface area contributed by atoms with Gasteiger partial charge < -0.3 is 5.32 Å². The van der Waals surface area contributed by atoms with Gasteiger partial charge in [0.15, 0.2) is 0 Å². The number of anilines is 1. The highest BCUT2D eigenvalue weighted by atomic mass is 32.2. The van der Waals surface area contributed by atoms with Crippen LogP contribution in [0.4, 0.5) is 5.69 Å². The van der Waals surface area contributed by atoms with Crippen molar-refractivity contribution in [2.45, 2.75) is 63.8 Å². The minimum absolute atomic E-state index is 0.332. The van der Waals surface area contributed by atoms with Gasteiger partial charge in [0.05, 0.1) is 5.69 Å². The van der Waals surface area contributed by atoms with Crippen LogP contribution in [0.5, 0.6) is 0 Å². The molecule has 0 bridgehead atoms. The minimum Gasteiger partial charge on any atom is -0.384 e. The molecule has 0 saturated carbocycles. The molecule has 0 heterocycles. The van der Waals surface area contributed by atoms with Gasteiger partial charge in [-0.2, -0.15) is 0 Å². The highest BCUT2D eigenvalue weighted by Crippen LogP contribution is 2.26. The number of sulfonamides is 1. The molecule has 1 aromatic rings. The Morgan fingerprint density at radius 1 is 1.00 bits per heavy atom. The normalized spacial score (nSPS) is 12.4. The predicted octanol–water partition coefficient (Wildman–Crippen LogP) is 3.76. The van der Waals surface area contributed by atoms with Crippen molar-refractivity contribution in [3.05, 3.63) is 24.3 Å². The van der Waals surface area contributed by atoms with Gasteiger partial charge in [-0.1, -0.05) is 39.8 Å². The molecule has 0 spiro atoms. The van der Waals surface area contributed by atoms with Crippen LogP contribution in [0, 0.1) is 0 Å². The molecular formula is C16H28N2O2S. The number of nitrogens with one attached hydrogen (secondary N) is 2. The molecule has 0 amide bonds. The van der Waals surface area contributed by atoms with E-state index in [4.69, 9.17) is 0 Å². The molecule has 1 rings (SSSR count). The second kappa shape index (κ2) is 7.80. The van der Waals surface area contributed by atoms with Crippen molar-refractivity contribution in [1.82, 2.24) is 4.72 Å². The first-order chi connectivity index (χ1) is 9.94. The lowest BCUT2D eigenvalue weighted by atomic mass is 9.91. The van der Waals surface area contributed by atoms with Crippen LogP contribution in [0.15, 0.2) is 29.2 Å². The first-order valence-corrected chi connectivity index (χ1v) is 9.29. The molecule has 120 valence electrons. The molecule has 1 aromatic carbocycles. The van der Waals surface area contributed by atoms with E-state index >= 15 is 0 Å². The first-order valence-electron chi connectivity index (χ1n) is 7.81. The van der Waals surface area contributed by atoms with Crippen LogP contribution >= 0.6 is 0 Å². The van der Waals surface area contributed by atoms with Gasteiger partial charge in [-0.3, -0.25) is 0 Å². The summed E-state index contributed by atoms with van der Waals surface area (Å²) in [6.07, 6.45) is 3.29. The maximum Gasteiger partial charge on any atom is 0.243 e. The van der Waals surface area contributed by atoms with E-state index in [1.165, 1.54) is 0 Å². The molecule has 0 aliphatic rings. The van der Waals surface area contributed by atoms with Crippen molar-refractivity contribution in [3.63, 3.8) is 0 Å². The molecule has 0 aliphatic heterocycles. The summed E-state index contributed by atoms with van der Waals surface area (Å²) in [5, 5.41) is 3.19. The van der Waals surface area contributed by atoms with E-state index in [2.05, 4.69) is 17.0 Å². The maximum absolute atomic E-state index is 12.8. The highest BCUT2D eigenvalue weighted by molar-refractivity contribution is 7.89. The average molecular weight is 312 g/mol. The van der Waals surface area contributed by atoms with E-state index < -0.39 is 10.0 Å². The van der Waals surface area contributed by atoms with Crippen LogP contribution in [0.1, 0.15) is 53.4 Å². The Bertz CT molecular complexity index is 529. The lowest BCUT2D eigenvalue weighted by molar-refractivity contribution is 0.342. The number of hydrogen-bond acceptors (Lipinski definition) is 3. The van der Waals surface area contributed by atoms with Gasteiger partial charge in [-0.05, 0) is 37.8 Å². The highest BCUT2D eigenvalue weighted by Gasteiger charge is 2.31. The molecule has 0 aliphatic carbocycles. The molecule has 4 nitrogen and oxygen atoms in total. The number of benzene rings is 1. The third kappa shape index (κ3) is 4.45. The summed E-state index contributed by atoms with van der Waals surface area (Å²) < 4.78 is 28.4. The van der Waals surface area contributed by atoms with Crippen molar-refractivity contribution in [3.8, 4) is 0 Å². The van der Waals surface area contributed by atoms with Crippen molar-refractivity contribution >= 4 is 15.7 Å². The summed E-state index contributed by atoms with van der Waals surface area (Å²) in [6.45, 7) is 8.88. The topological polar surface area (TPSA) is 58.2 Å². The molecular weight excluding hydrogens is 284 g/mol. The van der Waals surface area contributed by atoms with E-state index in [-0.39, 0.29) is 5.54 Å². The maximum atomic E-state index is 12.8. The van der Waals surface area contributed by atoms with Gasteiger partial charge in [-0.15, -0.1) is 0 Å². The summed E-state index contributed by atoms with van der Waals surface area (Å²) in [7, 11) is -3.53. The molecule has 2 N–H and O–H groups in total. The molecule has 0 fully saturated rings. The van der Waals surface area contributed by atoms with Gasteiger partial charge in [-0.25, -0.2) is 13.1 Å². The van der Waals surface area contributed by atoms with Crippen molar-refractivity contribution in [2.24, 2.45) is 0 Å². The van der Waals surface area contributed by atoms with Gasteiger partial charge in [0.2, 0.25) is 10.0 Å². The van der Waals surface area contributed by atoms with Gasteiger partial charge in [0.25, 0.3) is 0 Å². The van der Waals surface area contributed by atoms with Gasteiger partial charge in [0.1, 0.15) is 4.90 Å². The molecule has 0 radical (unpaired) electrons. The summed E-state index contributed by atoms with van der Waals surface area (Å²) in [4.78, 5) is 0.332. The van der Waals surface area contributed by atoms with E-state index in [9.17, 15) is 8.42 Å². The standard InChI is InChI=1S/C16H28N2O2S/c1-5-13-17-14-11-9-10-12-15(14)21(19,20)18-16(6-2,7-3)8-4/h9-12,17-18H,5-8,13H2,1-4H3. The zero-order valence-corrected chi connectivity index (χ0v) is 14.4. The largest absolute Gasteiger partial charge is 0.384 e. The SMILES string of the molecule is CCCNc1ccccc1S(=O)(=O)NC(CC)(CC)CC. The summed E-state index contributed by atoms with van der Waals surface area (Å²) in [6, 6.07) is 7.09. The van der Waals surface area contributed by atoms with Crippen LogP contribution in [0.2, 0.25) is 0 Å². The van der Waals surface area contributed by atoms with E-state index in [1.54, 1.807) is 12.1 Å². The smallest absolute Gasteiger partial charge is 0.243 e. The predicted molar refractivity (Wildman–Crippen MR) is 89.1 cm³/mol. The van der Waals surface area contributed by atoms with Crippen LogP contribution in [0.25, 0.3) is 0 Å². The van der Waals surface area contributed by atoms with E-state index in [0.29, 0.717) is 10.6 Å². The Balaban J connectivity index is 3.13. The first kappa shape index (κ1) is 18.0. The van der Waals surface area contributed by atoms with E-state index in [1.807, 2.05) is 32.9 Å². The van der Waals surface area contributed by atoms with Crippen LogP contribution in [-0.2, 0) is 10.0 Å². The molecule has 0 unspecified atom stereocenters. The molecule has 21 heavy (non-hydrogen) atoms. The number of hydrogen-bond donors (Lipinski definition) is 2. The summed E-state index contributed by atoms with van der Waals surface area (Å²) in [5.74, 6) is 0. The van der Waals surface area contributed by atoms with Crippen molar-refractivity contribution in [2.75, 3.05) is 11.9 Å². The van der Waals surface area contributed by atoms with Crippen LogP contribution in [0.3, 0.4) is 0 Å². The number of para-hydroxylation sites is 1. The monoisotopic (exact) mass is 312 g/mol. The average Bonchev–Trinajstić information content (AvgIpc) is 2.51.